The molecule has 6 nitrogen and oxygen atoms in total. The second kappa shape index (κ2) is 69.8. The number of carboxylic acids is 3. The summed E-state index contributed by atoms with van der Waals surface area (Å²) in [5, 5.41) is 25.6. The van der Waals surface area contributed by atoms with Crippen LogP contribution in [0.2, 0.25) is 0 Å². The summed E-state index contributed by atoms with van der Waals surface area (Å²) < 4.78 is 0. The van der Waals surface area contributed by atoms with Gasteiger partial charge in [0.25, 0.3) is 0 Å². The van der Waals surface area contributed by atoms with E-state index in [1.54, 1.807) is 0 Å². The van der Waals surface area contributed by atoms with Gasteiger partial charge in [-0.25, -0.2) is 0 Å². The van der Waals surface area contributed by atoms with Gasteiger partial charge in [0.15, 0.2) is 0 Å². The zero-order valence-electron chi connectivity index (χ0n) is 45.8. The zero-order valence-corrected chi connectivity index (χ0v) is 48.7. The number of carboxylic acid groups (broad SMARTS) is 3. The molecule has 0 aromatic heterocycles. The summed E-state index contributed by atoms with van der Waals surface area (Å²) in [4.78, 5) is 31.1. The second-order valence-corrected chi connectivity index (χ2v) is 20.4. The topological polar surface area (TPSA) is 112 Å². The molecule has 0 saturated heterocycles. The van der Waals surface area contributed by atoms with Crippen LogP contribution in [0.25, 0.3) is 0 Å². The Morgan fingerprint density at radius 1 is 0.194 bits per heavy atom. The Morgan fingerprint density at radius 2 is 0.284 bits per heavy atom. The predicted octanol–water partition coefficient (Wildman–Crippen LogP) is 21.3. The van der Waals surface area contributed by atoms with E-state index in [1.165, 1.54) is 289 Å². The molecule has 0 aliphatic heterocycles. The van der Waals surface area contributed by atoms with Crippen molar-refractivity contribution in [3.63, 3.8) is 0 Å². The summed E-state index contributed by atoms with van der Waals surface area (Å²) in [6, 6.07) is 0. The van der Waals surface area contributed by atoms with Crippen LogP contribution in [-0.4, -0.2) is 33.2 Å². The third-order valence-electron chi connectivity index (χ3n) is 13.5. The van der Waals surface area contributed by atoms with Crippen LogP contribution in [0.4, 0.5) is 0 Å². The van der Waals surface area contributed by atoms with Crippen molar-refractivity contribution in [2.45, 2.75) is 367 Å². The van der Waals surface area contributed by atoms with E-state index in [0.29, 0.717) is 19.3 Å². The predicted molar refractivity (Wildman–Crippen MR) is 289 cm³/mol. The van der Waals surface area contributed by atoms with Gasteiger partial charge in [-0.15, -0.1) is 0 Å². The first kappa shape index (κ1) is 73.1. The fraction of sp³-hybridized carbons (Fsp3) is 0.950. The van der Waals surface area contributed by atoms with E-state index in [9.17, 15) is 14.4 Å². The first-order valence-electron chi connectivity index (χ1n) is 30.0. The summed E-state index contributed by atoms with van der Waals surface area (Å²) in [5.74, 6) is -1.96. The van der Waals surface area contributed by atoms with Crippen LogP contribution in [-0.2, 0) is 47.1 Å². The molecule has 0 heterocycles. The van der Waals surface area contributed by atoms with Crippen molar-refractivity contribution in [1.29, 1.82) is 0 Å². The van der Waals surface area contributed by atoms with Crippen molar-refractivity contribution in [3.8, 4) is 0 Å². The largest absolute Gasteiger partial charge is 0.481 e. The molecule has 0 saturated carbocycles. The Kier molecular flexibility index (Phi) is 76.1. The minimum Gasteiger partial charge on any atom is -0.481 e. The molecule has 0 aliphatic carbocycles. The summed E-state index contributed by atoms with van der Waals surface area (Å²) in [5.41, 5.74) is 0. The van der Waals surface area contributed by atoms with Crippen molar-refractivity contribution in [1.82, 2.24) is 0 Å². The Bertz CT molecular complexity index is 799. The maximum absolute atomic E-state index is 10.4. The number of rotatable bonds is 54. The Morgan fingerprint density at radius 3 is 0.373 bits per heavy atom. The number of hydrogen-bond donors (Lipinski definition) is 3. The standard InChI is InChI=1S/3C20H40O2.Y/c3*1-2-3-4-5-6-7-8-9-10-11-12-13-14-15-16-17-18-19-20(21)22;/h3*2-19H2,1H3,(H,21,22);. The van der Waals surface area contributed by atoms with Crippen LogP contribution in [0.3, 0.4) is 0 Å². The third kappa shape index (κ3) is 82.7. The van der Waals surface area contributed by atoms with Crippen molar-refractivity contribution in [2.75, 3.05) is 0 Å². The monoisotopic (exact) mass is 1030 g/mol. The number of hydrogen-bond acceptors (Lipinski definition) is 3. The van der Waals surface area contributed by atoms with Crippen molar-refractivity contribution >= 4 is 17.9 Å². The van der Waals surface area contributed by atoms with Crippen LogP contribution in [0.15, 0.2) is 0 Å². The molecule has 0 bridgehead atoms. The molecule has 0 aliphatic rings. The average Bonchev–Trinajstić information content (AvgIpc) is 3.29. The Labute approximate surface area is 445 Å². The SMILES string of the molecule is CCCCCCCCCCCCCCCCCCCC(=O)O.CCCCCCCCCCCCCCCCCCCC(=O)O.CCCCCCCCCCCCCCCCCCCC(=O)O.[Y]. The van der Waals surface area contributed by atoms with E-state index in [-0.39, 0.29) is 32.7 Å². The summed E-state index contributed by atoms with van der Waals surface area (Å²) >= 11 is 0. The van der Waals surface area contributed by atoms with E-state index in [1.807, 2.05) is 0 Å². The van der Waals surface area contributed by atoms with Gasteiger partial charge in [-0.05, 0) is 19.3 Å². The van der Waals surface area contributed by atoms with E-state index < -0.39 is 17.9 Å². The molecule has 0 unspecified atom stereocenters. The Balaban J connectivity index is -0.000000441. The number of unbranched alkanes of at least 4 members (excludes halogenated alkanes) is 48. The molecule has 0 amide bonds. The van der Waals surface area contributed by atoms with Crippen molar-refractivity contribution in [3.05, 3.63) is 0 Å². The number of aliphatic carboxylic acids is 3. The van der Waals surface area contributed by atoms with Crippen molar-refractivity contribution < 1.29 is 62.4 Å². The van der Waals surface area contributed by atoms with Crippen LogP contribution in [0.5, 0.6) is 0 Å². The van der Waals surface area contributed by atoms with Gasteiger partial charge in [0.05, 0.1) is 0 Å². The van der Waals surface area contributed by atoms with Gasteiger partial charge in [0.1, 0.15) is 0 Å². The zero-order chi connectivity index (χ0) is 48.9. The summed E-state index contributed by atoms with van der Waals surface area (Å²) in [7, 11) is 0. The van der Waals surface area contributed by atoms with E-state index in [0.717, 1.165) is 38.5 Å². The van der Waals surface area contributed by atoms with Crippen LogP contribution in [0, 0.1) is 0 Å². The smallest absolute Gasteiger partial charge is 0.303 e. The maximum atomic E-state index is 10.4. The molecule has 1 radical (unpaired) electrons. The molecule has 399 valence electrons. The van der Waals surface area contributed by atoms with Crippen molar-refractivity contribution in [2.24, 2.45) is 0 Å². The second-order valence-electron chi connectivity index (χ2n) is 20.4. The Hall–Kier alpha value is -0.486. The van der Waals surface area contributed by atoms with Crippen LogP contribution < -0.4 is 0 Å². The molecule has 7 heteroatoms. The molecular weight excluding hydrogens is 906 g/mol. The van der Waals surface area contributed by atoms with Gasteiger partial charge in [-0.3, -0.25) is 14.4 Å². The minimum atomic E-state index is -0.652. The van der Waals surface area contributed by atoms with Gasteiger partial charge >= 0.3 is 17.9 Å². The van der Waals surface area contributed by atoms with Gasteiger partial charge in [0, 0.05) is 52.0 Å². The van der Waals surface area contributed by atoms with Gasteiger partial charge in [-0.1, -0.05) is 329 Å². The summed E-state index contributed by atoms with van der Waals surface area (Å²) in [6.07, 6.45) is 69.4. The average molecular weight is 1030 g/mol. The summed E-state index contributed by atoms with van der Waals surface area (Å²) in [6.45, 7) is 6.83. The van der Waals surface area contributed by atoms with E-state index in [2.05, 4.69) is 20.8 Å². The van der Waals surface area contributed by atoms with E-state index >= 15 is 0 Å². The fourth-order valence-corrected chi connectivity index (χ4v) is 9.00. The maximum Gasteiger partial charge on any atom is 0.303 e. The molecule has 0 rings (SSSR count). The number of carbonyl (C=O) groups is 3. The molecule has 67 heavy (non-hydrogen) atoms. The van der Waals surface area contributed by atoms with Gasteiger partial charge < -0.3 is 15.3 Å². The molecular formula is C60H120O6Y. The van der Waals surface area contributed by atoms with E-state index in [4.69, 9.17) is 15.3 Å². The first-order chi connectivity index (χ1) is 32.3. The van der Waals surface area contributed by atoms with Gasteiger partial charge in [0.2, 0.25) is 0 Å². The minimum absolute atomic E-state index is 0. The molecule has 0 atom stereocenters. The fourth-order valence-electron chi connectivity index (χ4n) is 9.00. The molecule has 0 spiro atoms. The first-order valence-corrected chi connectivity index (χ1v) is 30.0. The molecule has 3 N–H and O–H groups in total. The molecule has 0 fully saturated rings. The molecule has 0 aromatic carbocycles. The van der Waals surface area contributed by atoms with Gasteiger partial charge in [-0.2, -0.15) is 0 Å². The molecule has 0 aromatic rings. The quantitative estimate of drug-likeness (QED) is 0.0523. The van der Waals surface area contributed by atoms with Crippen LogP contribution in [0.1, 0.15) is 367 Å². The third-order valence-corrected chi connectivity index (χ3v) is 13.5. The van der Waals surface area contributed by atoms with Crippen LogP contribution >= 0.6 is 0 Å². The normalized spacial score (nSPS) is 10.8.